The molecule has 20 heavy (non-hydrogen) atoms. The number of amides is 1. The smallest absolute Gasteiger partial charge is 0.354 e. The second kappa shape index (κ2) is 6.19. The number of carboxylic acids is 1. The number of hydrogen-bond donors (Lipinski definition) is 2. The average molecular weight is 403 g/mol. The van der Waals surface area contributed by atoms with Crippen molar-refractivity contribution in [2.75, 3.05) is 5.32 Å². The summed E-state index contributed by atoms with van der Waals surface area (Å²) in [6.45, 7) is 0. The number of carbonyl (C=O) groups excluding carboxylic acids is 1. The fraction of sp³-hybridized carbons (Fsp3) is 0. The minimum atomic E-state index is -1.15. The van der Waals surface area contributed by atoms with E-state index >= 15 is 0 Å². The Kier molecular flexibility index (Phi) is 4.56. The molecule has 1 amide bonds. The molecule has 1 aromatic heterocycles. The summed E-state index contributed by atoms with van der Waals surface area (Å²) in [5.74, 6) is -1.52. The quantitative estimate of drug-likeness (QED) is 0.772. The molecule has 2 aromatic rings. The first-order valence-electron chi connectivity index (χ1n) is 5.43. The monoisotopic (exact) mass is 402 g/mol. The molecular formula is C13H8ClIN2O3. The molecule has 1 aromatic carbocycles. The molecule has 0 bridgehead atoms. The molecule has 0 unspecified atom stereocenters. The van der Waals surface area contributed by atoms with Gasteiger partial charge in [0.2, 0.25) is 0 Å². The van der Waals surface area contributed by atoms with Crippen LogP contribution in [-0.4, -0.2) is 22.0 Å². The lowest BCUT2D eigenvalue weighted by molar-refractivity contribution is 0.0690. The standard InChI is InChI=1S/C13H8ClIN2O3/c14-7-1-2-10(15)9(5-7)12(18)17-8-3-4-16-11(6-8)13(19)20/h1-6H,(H,19,20)(H,16,17,18). The van der Waals surface area contributed by atoms with E-state index in [0.717, 1.165) is 3.57 Å². The minimum absolute atomic E-state index is 0.136. The number of halogens is 2. The Balaban J connectivity index is 2.25. The van der Waals surface area contributed by atoms with E-state index in [4.69, 9.17) is 16.7 Å². The number of rotatable bonds is 3. The molecule has 2 rings (SSSR count). The third kappa shape index (κ3) is 3.45. The van der Waals surface area contributed by atoms with Crippen LogP contribution >= 0.6 is 34.2 Å². The lowest BCUT2D eigenvalue weighted by Gasteiger charge is -2.07. The maximum absolute atomic E-state index is 12.1. The summed E-state index contributed by atoms with van der Waals surface area (Å²) in [5, 5.41) is 11.9. The van der Waals surface area contributed by atoms with Gasteiger partial charge in [-0.25, -0.2) is 9.78 Å². The summed E-state index contributed by atoms with van der Waals surface area (Å²) in [6.07, 6.45) is 1.32. The van der Waals surface area contributed by atoms with Gasteiger partial charge < -0.3 is 10.4 Å². The second-order valence-electron chi connectivity index (χ2n) is 3.81. The Morgan fingerprint density at radius 1 is 1.25 bits per heavy atom. The summed E-state index contributed by atoms with van der Waals surface area (Å²) in [5.41, 5.74) is 0.647. The number of hydrogen-bond acceptors (Lipinski definition) is 3. The number of nitrogens with zero attached hydrogens (tertiary/aromatic N) is 1. The van der Waals surface area contributed by atoms with Gasteiger partial charge in [0.1, 0.15) is 5.69 Å². The molecule has 0 saturated carbocycles. The first-order chi connectivity index (χ1) is 9.47. The van der Waals surface area contributed by atoms with Crippen LogP contribution in [0.3, 0.4) is 0 Å². The number of carbonyl (C=O) groups is 2. The van der Waals surface area contributed by atoms with Crippen LogP contribution in [0.1, 0.15) is 20.8 Å². The van der Waals surface area contributed by atoms with Gasteiger partial charge in [-0.1, -0.05) is 11.6 Å². The molecule has 2 N–H and O–H groups in total. The number of benzene rings is 1. The molecule has 0 spiro atoms. The SMILES string of the molecule is O=C(O)c1cc(NC(=O)c2cc(Cl)ccc2I)ccn1. The molecule has 0 saturated heterocycles. The van der Waals surface area contributed by atoms with Gasteiger partial charge in [-0.15, -0.1) is 0 Å². The van der Waals surface area contributed by atoms with Gasteiger partial charge in [-0.05, 0) is 52.9 Å². The fourth-order valence-corrected chi connectivity index (χ4v) is 2.25. The van der Waals surface area contributed by atoms with Crippen molar-refractivity contribution in [3.63, 3.8) is 0 Å². The molecule has 0 aliphatic heterocycles. The third-order valence-electron chi connectivity index (χ3n) is 2.41. The Morgan fingerprint density at radius 2 is 2.00 bits per heavy atom. The van der Waals surface area contributed by atoms with Crippen LogP contribution in [0, 0.1) is 3.57 Å². The normalized spacial score (nSPS) is 10.1. The third-order valence-corrected chi connectivity index (χ3v) is 3.59. The maximum Gasteiger partial charge on any atom is 0.354 e. The van der Waals surface area contributed by atoms with Crippen LogP contribution in [0.4, 0.5) is 5.69 Å². The van der Waals surface area contributed by atoms with Crippen molar-refractivity contribution in [1.82, 2.24) is 4.98 Å². The summed E-state index contributed by atoms with van der Waals surface area (Å²) < 4.78 is 0.747. The Labute approximate surface area is 133 Å². The van der Waals surface area contributed by atoms with Gasteiger partial charge in [-0.3, -0.25) is 4.79 Å². The molecule has 0 aliphatic carbocycles. The summed E-state index contributed by atoms with van der Waals surface area (Å²) in [4.78, 5) is 26.6. The number of anilines is 1. The van der Waals surface area contributed by atoms with Crippen molar-refractivity contribution in [1.29, 1.82) is 0 Å². The van der Waals surface area contributed by atoms with Crippen molar-refractivity contribution in [3.05, 3.63) is 56.4 Å². The van der Waals surface area contributed by atoms with Crippen molar-refractivity contribution in [2.45, 2.75) is 0 Å². The highest BCUT2D eigenvalue weighted by atomic mass is 127. The summed E-state index contributed by atoms with van der Waals surface area (Å²) in [7, 11) is 0. The molecule has 0 atom stereocenters. The first kappa shape index (κ1) is 14.7. The molecule has 1 heterocycles. The van der Waals surface area contributed by atoms with Gasteiger partial charge in [-0.2, -0.15) is 0 Å². The van der Waals surface area contributed by atoms with Gasteiger partial charge in [0, 0.05) is 20.5 Å². The lowest BCUT2D eigenvalue weighted by atomic mass is 10.2. The van der Waals surface area contributed by atoms with Gasteiger partial charge in [0.05, 0.1) is 5.56 Å². The molecule has 102 valence electrons. The topological polar surface area (TPSA) is 79.3 Å². The van der Waals surface area contributed by atoms with Crippen LogP contribution in [0.2, 0.25) is 5.02 Å². The lowest BCUT2D eigenvalue weighted by Crippen LogP contribution is -2.14. The fourth-order valence-electron chi connectivity index (χ4n) is 1.50. The maximum atomic E-state index is 12.1. The van der Waals surface area contributed by atoms with Crippen LogP contribution in [0.15, 0.2) is 36.5 Å². The van der Waals surface area contributed by atoms with Crippen molar-refractivity contribution < 1.29 is 14.7 Å². The zero-order valence-corrected chi connectivity index (χ0v) is 12.8. The molecular weight excluding hydrogens is 395 g/mol. The Bertz CT molecular complexity index is 691. The Hall–Kier alpha value is -1.67. The van der Waals surface area contributed by atoms with Crippen LogP contribution in [0.25, 0.3) is 0 Å². The number of pyridine rings is 1. The van der Waals surface area contributed by atoms with Crippen LogP contribution in [0.5, 0.6) is 0 Å². The van der Waals surface area contributed by atoms with Crippen molar-refractivity contribution >= 4 is 51.8 Å². The van der Waals surface area contributed by atoms with Crippen LogP contribution in [-0.2, 0) is 0 Å². The Morgan fingerprint density at radius 3 is 2.70 bits per heavy atom. The van der Waals surface area contributed by atoms with E-state index in [0.29, 0.717) is 16.3 Å². The molecule has 0 aliphatic rings. The number of carboxylic acid groups (broad SMARTS) is 1. The average Bonchev–Trinajstić information content (AvgIpc) is 2.41. The number of aromatic nitrogens is 1. The largest absolute Gasteiger partial charge is 0.477 e. The highest BCUT2D eigenvalue weighted by Gasteiger charge is 2.12. The highest BCUT2D eigenvalue weighted by Crippen LogP contribution is 2.19. The predicted octanol–water partition coefficient (Wildman–Crippen LogP) is 3.29. The van der Waals surface area contributed by atoms with Crippen molar-refractivity contribution in [3.8, 4) is 0 Å². The van der Waals surface area contributed by atoms with E-state index in [9.17, 15) is 9.59 Å². The second-order valence-corrected chi connectivity index (χ2v) is 5.41. The van der Waals surface area contributed by atoms with E-state index < -0.39 is 5.97 Å². The van der Waals surface area contributed by atoms with E-state index in [1.165, 1.54) is 18.3 Å². The van der Waals surface area contributed by atoms with E-state index in [1.807, 2.05) is 22.6 Å². The molecule has 0 fully saturated rings. The van der Waals surface area contributed by atoms with Crippen molar-refractivity contribution in [2.24, 2.45) is 0 Å². The van der Waals surface area contributed by atoms with Crippen LogP contribution < -0.4 is 5.32 Å². The molecule has 5 nitrogen and oxygen atoms in total. The highest BCUT2D eigenvalue weighted by molar-refractivity contribution is 14.1. The van der Waals surface area contributed by atoms with Gasteiger partial charge in [0.25, 0.3) is 5.91 Å². The van der Waals surface area contributed by atoms with E-state index in [1.54, 1.807) is 18.2 Å². The van der Waals surface area contributed by atoms with E-state index in [-0.39, 0.29) is 11.6 Å². The molecule has 0 radical (unpaired) electrons. The van der Waals surface area contributed by atoms with Gasteiger partial charge >= 0.3 is 5.97 Å². The summed E-state index contributed by atoms with van der Waals surface area (Å²) >= 11 is 7.89. The minimum Gasteiger partial charge on any atom is -0.477 e. The van der Waals surface area contributed by atoms with E-state index in [2.05, 4.69) is 10.3 Å². The number of nitrogens with one attached hydrogen (secondary N) is 1. The summed E-state index contributed by atoms with van der Waals surface area (Å²) in [6, 6.07) is 7.78. The van der Waals surface area contributed by atoms with Gasteiger partial charge in [0.15, 0.2) is 0 Å². The predicted molar refractivity (Wildman–Crippen MR) is 83.3 cm³/mol. The number of aromatic carboxylic acids is 1. The first-order valence-corrected chi connectivity index (χ1v) is 6.89. The zero-order valence-electron chi connectivity index (χ0n) is 9.93. The molecule has 7 heteroatoms. The zero-order chi connectivity index (χ0) is 14.7.